The van der Waals surface area contributed by atoms with Crippen LogP contribution in [0.15, 0.2) is 182 Å². The van der Waals surface area contributed by atoms with Crippen LogP contribution >= 0.6 is 0 Å². The second kappa shape index (κ2) is 12.7. The molecule has 0 radical (unpaired) electrons. The average molecular weight is 661 g/mol. The van der Waals surface area contributed by atoms with Gasteiger partial charge in [0.1, 0.15) is 0 Å². The topological polar surface area (TPSA) is 0 Å². The Labute approximate surface area is 304 Å². The second-order valence-electron chi connectivity index (χ2n) is 14.0. The van der Waals surface area contributed by atoms with Gasteiger partial charge in [0.25, 0.3) is 0 Å². The lowest BCUT2D eigenvalue weighted by atomic mass is 9.86. The summed E-state index contributed by atoms with van der Waals surface area (Å²) in [5.41, 5.74) is 15.7. The van der Waals surface area contributed by atoms with Crippen molar-refractivity contribution in [1.82, 2.24) is 0 Å². The van der Waals surface area contributed by atoms with Crippen LogP contribution in [-0.2, 0) is 6.42 Å². The van der Waals surface area contributed by atoms with Gasteiger partial charge in [-0.15, -0.1) is 0 Å². The van der Waals surface area contributed by atoms with Gasteiger partial charge in [-0.05, 0) is 124 Å². The highest BCUT2D eigenvalue weighted by molar-refractivity contribution is 6.18. The van der Waals surface area contributed by atoms with E-state index in [0.29, 0.717) is 0 Å². The predicted octanol–water partition coefficient (Wildman–Crippen LogP) is 11.9. The van der Waals surface area contributed by atoms with Gasteiger partial charge in [-0.1, -0.05) is 182 Å². The fourth-order valence-electron chi connectivity index (χ4n) is 8.47. The van der Waals surface area contributed by atoms with Crippen molar-refractivity contribution in [1.29, 1.82) is 0 Å². The van der Waals surface area contributed by atoms with E-state index in [0.717, 1.165) is 12.8 Å². The van der Waals surface area contributed by atoms with E-state index >= 15 is 0 Å². The van der Waals surface area contributed by atoms with E-state index in [-0.39, 0.29) is 0 Å². The van der Waals surface area contributed by atoms with Crippen LogP contribution in [0.5, 0.6) is 0 Å². The smallest absolute Gasteiger partial charge is 0.000660 e. The molecule has 0 atom stereocenters. The molecule has 52 heavy (non-hydrogen) atoms. The molecule has 0 bridgehead atoms. The first-order chi connectivity index (χ1) is 25.8. The van der Waals surface area contributed by atoms with Crippen molar-refractivity contribution in [2.24, 2.45) is 0 Å². The summed E-state index contributed by atoms with van der Waals surface area (Å²) in [5, 5.41) is 7.89. The minimum Gasteiger partial charge on any atom is -0.0801 e. The molecule has 0 fully saturated rings. The third kappa shape index (κ3) is 5.24. The lowest BCUT2D eigenvalue weighted by molar-refractivity contribution is 1.26. The van der Waals surface area contributed by atoms with Gasteiger partial charge in [-0.25, -0.2) is 0 Å². The van der Waals surface area contributed by atoms with E-state index in [4.69, 9.17) is 0 Å². The fourth-order valence-corrected chi connectivity index (χ4v) is 8.47. The summed E-state index contributed by atoms with van der Waals surface area (Å²) in [4.78, 5) is 0. The molecule has 8 aromatic rings. The van der Waals surface area contributed by atoms with Gasteiger partial charge in [0.2, 0.25) is 0 Å². The molecule has 0 saturated carbocycles. The maximum absolute atomic E-state index is 2.49. The van der Waals surface area contributed by atoms with Crippen molar-refractivity contribution in [3.63, 3.8) is 0 Å². The molecule has 244 valence electrons. The molecule has 0 aliphatic heterocycles. The minimum absolute atomic E-state index is 0.920. The molecule has 0 unspecified atom stereocenters. The Morgan fingerprint density at radius 2 is 0.942 bits per heavy atom. The summed E-state index contributed by atoms with van der Waals surface area (Å²) < 4.78 is 0. The molecule has 0 saturated heterocycles. The van der Waals surface area contributed by atoms with Crippen LogP contribution in [0.2, 0.25) is 0 Å². The molecule has 2 aliphatic carbocycles. The van der Waals surface area contributed by atoms with Gasteiger partial charge in [0.05, 0.1) is 0 Å². The molecule has 0 heteroatoms. The van der Waals surface area contributed by atoms with Gasteiger partial charge >= 0.3 is 0 Å². The molecule has 8 aromatic carbocycles. The molecular formula is C52H36. The number of allylic oxidation sites excluding steroid dienone is 4. The Hall–Kier alpha value is -6.50. The van der Waals surface area contributed by atoms with E-state index in [2.05, 4.69) is 194 Å². The Bertz CT molecular complexity index is 2830. The molecule has 0 spiro atoms. The van der Waals surface area contributed by atoms with Crippen molar-refractivity contribution in [3.05, 3.63) is 220 Å². The predicted molar refractivity (Wildman–Crippen MR) is 222 cm³/mol. The largest absolute Gasteiger partial charge is 0.0801 e. The van der Waals surface area contributed by atoms with E-state index in [1.807, 2.05) is 0 Å². The molecule has 0 heterocycles. The van der Waals surface area contributed by atoms with Crippen LogP contribution in [0, 0.1) is 0 Å². The Morgan fingerprint density at radius 1 is 0.423 bits per heavy atom. The number of benzene rings is 8. The number of hydrogen-bond acceptors (Lipinski definition) is 0. The minimum atomic E-state index is 0.920. The lowest BCUT2D eigenvalue weighted by Crippen LogP contribution is -2.30. The summed E-state index contributed by atoms with van der Waals surface area (Å²) in [6.07, 6.45) is 13.5. The zero-order valence-electron chi connectivity index (χ0n) is 28.9. The van der Waals surface area contributed by atoms with Crippen LogP contribution < -0.4 is 10.4 Å². The summed E-state index contributed by atoms with van der Waals surface area (Å²) in [6.45, 7) is 0. The van der Waals surface area contributed by atoms with Crippen molar-refractivity contribution < 1.29 is 0 Å². The van der Waals surface area contributed by atoms with Gasteiger partial charge < -0.3 is 0 Å². The molecular weight excluding hydrogens is 625 g/mol. The Kier molecular flexibility index (Phi) is 7.40. The highest BCUT2D eigenvalue weighted by Crippen LogP contribution is 2.48. The Morgan fingerprint density at radius 3 is 1.54 bits per heavy atom. The number of rotatable bonds is 5. The van der Waals surface area contributed by atoms with E-state index in [1.54, 1.807) is 0 Å². The third-order valence-electron chi connectivity index (χ3n) is 10.9. The van der Waals surface area contributed by atoms with Gasteiger partial charge in [0, 0.05) is 0 Å². The monoisotopic (exact) mass is 660 g/mol. The zero-order valence-corrected chi connectivity index (χ0v) is 28.9. The summed E-state index contributed by atoms with van der Waals surface area (Å²) >= 11 is 0. The van der Waals surface area contributed by atoms with Gasteiger partial charge in [0.15, 0.2) is 0 Å². The van der Waals surface area contributed by atoms with Gasteiger partial charge in [-0.3, -0.25) is 0 Å². The summed E-state index contributed by atoms with van der Waals surface area (Å²) in [6, 6.07) is 59.9. The molecule has 0 amide bonds. The Balaban J connectivity index is 1.25. The number of fused-ring (bicyclic) bond motifs is 8. The summed E-state index contributed by atoms with van der Waals surface area (Å²) in [5.74, 6) is 0. The highest BCUT2D eigenvalue weighted by Gasteiger charge is 2.28. The van der Waals surface area contributed by atoms with E-state index in [9.17, 15) is 0 Å². The molecule has 0 N–H and O–H groups in total. The first kappa shape index (κ1) is 30.3. The van der Waals surface area contributed by atoms with Gasteiger partial charge in [-0.2, -0.15) is 0 Å². The maximum Gasteiger partial charge on any atom is -0.000660 e. The fraction of sp³-hybridized carbons (Fsp3) is 0.0385. The van der Waals surface area contributed by atoms with Crippen LogP contribution in [0.3, 0.4) is 0 Å². The zero-order chi connectivity index (χ0) is 34.4. The SMILES string of the molecule is C1=CCC(c2c3c(cc(=Cc4ccc(-c5ccccc5)cc4)c2=Cc2ccc(-c4ccccc4)cc2)Cc2c-3c3ccccc3c3ccccc23)=C1. The maximum atomic E-state index is 2.49. The number of hydrogen-bond donors (Lipinski definition) is 0. The van der Waals surface area contributed by atoms with E-state index in [1.165, 1.54) is 98.8 Å². The first-order valence-electron chi connectivity index (χ1n) is 18.3. The molecule has 10 rings (SSSR count). The highest BCUT2D eigenvalue weighted by atomic mass is 14.3. The second-order valence-corrected chi connectivity index (χ2v) is 14.0. The van der Waals surface area contributed by atoms with Crippen molar-refractivity contribution in [2.75, 3.05) is 0 Å². The van der Waals surface area contributed by atoms with Crippen LogP contribution in [-0.4, -0.2) is 0 Å². The summed E-state index contributed by atoms with van der Waals surface area (Å²) in [7, 11) is 0. The standard InChI is InChI=1S/C52H36/c1-3-13-37(14-4-1)39-27-23-35(24-28-39)31-42-33-43-34-49-46-21-10-9-19-44(46)45-20-11-12-22-47(45)52(49)51(43)50(41-17-7-8-18-41)48(42)32-36-25-29-40(30-26-36)38-15-5-2-6-16-38/h1-17,19-33H,18,34H2. The average Bonchev–Trinajstić information content (AvgIpc) is 3.89. The molecule has 0 nitrogen and oxygen atoms in total. The first-order valence-corrected chi connectivity index (χ1v) is 18.3. The van der Waals surface area contributed by atoms with Crippen LogP contribution in [0.4, 0.5) is 0 Å². The molecule has 2 aliphatic rings. The van der Waals surface area contributed by atoms with Crippen LogP contribution in [0.25, 0.3) is 72.7 Å². The molecule has 0 aromatic heterocycles. The van der Waals surface area contributed by atoms with Crippen LogP contribution in [0.1, 0.15) is 34.2 Å². The lowest BCUT2D eigenvalue weighted by Gasteiger charge is -2.17. The van der Waals surface area contributed by atoms with Crippen molar-refractivity contribution in [3.8, 4) is 33.4 Å². The third-order valence-corrected chi connectivity index (χ3v) is 10.9. The van der Waals surface area contributed by atoms with Crippen molar-refractivity contribution >= 4 is 39.3 Å². The van der Waals surface area contributed by atoms with Crippen molar-refractivity contribution in [2.45, 2.75) is 12.8 Å². The normalized spacial score (nSPS) is 13.9. The quantitative estimate of drug-likeness (QED) is 0.161. The van der Waals surface area contributed by atoms with E-state index < -0.39 is 0 Å².